The van der Waals surface area contributed by atoms with E-state index in [1.165, 1.54) is 0 Å². The summed E-state index contributed by atoms with van der Waals surface area (Å²) < 4.78 is 2.09. The van der Waals surface area contributed by atoms with Crippen molar-refractivity contribution in [2.45, 2.75) is 41.0 Å². The van der Waals surface area contributed by atoms with Gasteiger partial charge in [-0.15, -0.1) is 0 Å². The molecule has 1 saturated heterocycles. The SMILES string of the molecule is CCc1ccc(N2C(=O)NC(=O)/C(=C/c3cc(C)n(-c4ccc(N(CC)CC)cc4)c3C)C2=O)cc1. The van der Waals surface area contributed by atoms with E-state index < -0.39 is 17.8 Å². The van der Waals surface area contributed by atoms with Gasteiger partial charge in [0.15, 0.2) is 0 Å². The summed E-state index contributed by atoms with van der Waals surface area (Å²) >= 11 is 0. The summed E-state index contributed by atoms with van der Waals surface area (Å²) in [7, 11) is 0. The topological polar surface area (TPSA) is 74.7 Å². The fraction of sp³-hybridized carbons (Fsp3) is 0.276. The highest BCUT2D eigenvalue weighted by atomic mass is 16.2. The average Bonchev–Trinajstić information content (AvgIpc) is 3.15. The first-order chi connectivity index (χ1) is 17.3. The zero-order valence-electron chi connectivity index (χ0n) is 21.5. The minimum Gasteiger partial charge on any atom is -0.372 e. The van der Waals surface area contributed by atoms with Crippen LogP contribution >= 0.6 is 0 Å². The van der Waals surface area contributed by atoms with E-state index in [9.17, 15) is 14.4 Å². The lowest BCUT2D eigenvalue weighted by molar-refractivity contribution is -0.122. The zero-order chi connectivity index (χ0) is 26.0. The van der Waals surface area contributed by atoms with Crippen LogP contribution in [0.2, 0.25) is 0 Å². The molecular formula is C29H32N4O3. The fourth-order valence-electron chi connectivity index (χ4n) is 4.66. The summed E-state index contributed by atoms with van der Waals surface area (Å²) in [5.41, 5.74) is 6.21. The molecule has 1 aliphatic heterocycles. The number of anilines is 2. The molecule has 1 aromatic heterocycles. The van der Waals surface area contributed by atoms with Crippen LogP contribution in [0, 0.1) is 13.8 Å². The highest BCUT2D eigenvalue weighted by Gasteiger charge is 2.37. The summed E-state index contributed by atoms with van der Waals surface area (Å²) in [6.45, 7) is 12.1. The number of amides is 4. The van der Waals surface area contributed by atoms with E-state index in [1.54, 1.807) is 18.2 Å². The predicted molar refractivity (Wildman–Crippen MR) is 144 cm³/mol. The fourth-order valence-corrected chi connectivity index (χ4v) is 4.66. The number of imide groups is 2. The van der Waals surface area contributed by atoms with Crippen molar-refractivity contribution in [2.24, 2.45) is 0 Å². The third kappa shape index (κ3) is 4.56. The Balaban J connectivity index is 1.68. The van der Waals surface area contributed by atoms with E-state index in [4.69, 9.17) is 0 Å². The molecule has 186 valence electrons. The van der Waals surface area contributed by atoms with Crippen LogP contribution in [0.15, 0.2) is 60.2 Å². The second kappa shape index (κ2) is 10.2. The zero-order valence-corrected chi connectivity index (χ0v) is 21.5. The number of carbonyl (C=O) groups excluding carboxylic acids is 3. The van der Waals surface area contributed by atoms with Gasteiger partial charge in [-0.05, 0) is 93.8 Å². The Bertz CT molecular complexity index is 1330. The number of aromatic nitrogens is 1. The van der Waals surface area contributed by atoms with Crippen molar-refractivity contribution in [2.75, 3.05) is 22.9 Å². The summed E-state index contributed by atoms with van der Waals surface area (Å²) in [5.74, 6) is -1.33. The van der Waals surface area contributed by atoms with Gasteiger partial charge >= 0.3 is 6.03 Å². The van der Waals surface area contributed by atoms with Crippen molar-refractivity contribution in [1.29, 1.82) is 0 Å². The number of hydrogen-bond donors (Lipinski definition) is 1. The van der Waals surface area contributed by atoms with E-state index in [2.05, 4.69) is 52.9 Å². The number of hydrogen-bond acceptors (Lipinski definition) is 4. The molecule has 0 unspecified atom stereocenters. The van der Waals surface area contributed by atoms with Crippen molar-refractivity contribution in [1.82, 2.24) is 9.88 Å². The lowest BCUT2D eigenvalue weighted by atomic mass is 10.1. The first-order valence-corrected chi connectivity index (χ1v) is 12.3. The molecule has 1 N–H and O–H groups in total. The number of nitrogens with one attached hydrogen (secondary N) is 1. The van der Waals surface area contributed by atoms with Crippen LogP contribution in [0.3, 0.4) is 0 Å². The summed E-state index contributed by atoms with van der Waals surface area (Å²) in [4.78, 5) is 41.8. The standard InChI is InChI=1S/C29H32N4O3/c1-6-21-9-11-25(12-10-21)33-28(35)26(27(34)30-29(33)36)18-22-17-19(4)32(20(22)5)24-15-13-23(14-16-24)31(7-2)8-3/h9-18H,6-8H2,1-5H3,(H,30,34,36)/b26-18-. The van der Waals surface area contributed by atoms with Gasteiger partial charge in [0.2, 0.25) is 0 Å². The third-order valence-corrected chi connectivity index (χ3v) is 6.71. The maximum Gasteiger partial charge on any atom is 0.335 e. The van der Waals surface area contributed by atoms with Crippen LogP contribution < -0.4 is 15.1 Å². The maximum absolute atomic E-state index is 13.3. The van der Waals surface area contributed by atoms with E-state index in [0.717, 1.165) is 58.3 Å². The lowest BCUT2D eigenvalue weighted by Crippen LogP contribution is -2.54. The Morgan fingerprint density at radius 2 is 1.47 bits per heavy atom. The molecule has 0 bridgehead atoms. The quantitative estimate of drug-likeness (QED) is 0.371. The maximum atomic E-state index is 13.3. The third-order valence-electron chi connectivity index (χ3n) is 6.71. The molecule has 3 aromatic rings. The first-order valence-electron chi connectivity index (χ1n) is 12.3. The Kier molecular flexibility index (Phi) is 7.10. The van der Waals surface area contributed by atoms with Gasteiger partial charge in [0.25, 0.3) is 11.8 Å². The average molecular weight is 485 g/mol. The van der Waals surface area contributed by atoms with Gasteiger partial charge in [-0.2, -0.15) is 0 Å². The molecule has 4 rings (SSSR count). The molecule has 1 fully saturated rings. The van der Waals surface area contributed by atoms with Crippen molar-refractivity contribution in [3.8, 4) is 5.69 Å². The molecule has 1 aliphatic rings. The van der Waals surface area contributed by atoms with Gasteiger partial charge in [-0.1, -0.05) is 19.1 Å². The molecule has 0 saturated carbocycles. The van der Waals surface area contributed by atoms with Crippen LogP contribution in [0.25, 0.3) is 11.8 Å². The van der Waals surface area contributed by atoms with Crippen LogP contribution in [0.5, 0.6) is 0 Å². The van der Waals surface area contributed by atoms with E-state index >= 15 is 0 Å². The monoisotopic (exact) mass is 484 g/mol. The molecule has 0 aliphatic carbocycles. The molecule has 2 aromatic carbocycles. The number of barbiturate groups is 1. The van der Waals surface area contributed by atoms with Crippen LogP contribution in [-0.2, 0) is 16.0 Å². The predicted octanol–water partition coefficient (Wildman–Crippen LogP) is 5.17. The number of urea groups is 1. The van der Waals surface area contributed by atoms with Crippen LogP contribution in [-0.4, -0.2) is 35.5 Å². The van der Waals surface area contributed by atoms with Gasteiger partial charge in [0.1, 0.15) is 5.57 Å². The number of carbonyl (C=O) groups is 3. The van der Waals surface area contributed by atoms with E-state index in [-0.39, 0.29) is 5.57 Å². The molecule has 0 atom stereocenters. The molecular weight excluding hydrogens is 452 g/mol. The molecule has 2 heterocycles. The highest BCUT2D eigenvalue weighted by molar-refractivity contribution is 6.39. The molecule has 4 amide bonds. The van der Waals surface area contributed by atoms with Gasteiger partial charge in [0.05, 0.1) is 5.69 Å². The second-order valence-corrected chi connectivity index (χ2v) is 8.83. The van der Waals surface area contributed by atoms with Crippen molar-refractivity contribution in [3.05, 3.63) is 82.7 Å². The number of nitrogens with zero attached hydrogens (tertiary/aromatic N) is 3. The van der Waals surface area contributed by atoms with Gasteiger partial charge < -0.3 is 9.47 Å². The van der Waals surface area contributed by atoms with Crippen molar-refractivity contribution in [3.63, 3.8) is 0 Å². The smallest absolute Gasteiger partial charge is 0.335 e. The summed E-state index contributed by atoms with van der Waals surface area (Å²) in [6.07, 6.45) is 2.42. The first kappa shape index (κ1) is 25.0. The molecule has 7 nitrogen and oxygen atoms in total. The normalized spacial score (nSPS) is 15.0. The number of aryl methyl sites for hydroxylation is 2. The van der Waals surface area contributed by atoms with Crippen LogP contribution in [0.4, 0.5) is 16.2 Å². The second-order valence-electron chi connectivity index (χ2n) is 8.83. The molecule has 0 radical (unpaired) electrons. The van der Waals surface area contributed by atoms with Crippen molar-refractivity contribution >= 4 is 35.3 Å². The lowest BCUT2D eigenvalue weighted by Gasteiger charge is -2.26. The Labute approximate surface area is 212 Å². The Hall–Kier alpha value is -4.13. The van der Waals surface area contributed by atoms with E-state index in [1.807, 2.05) is 39.0 Å². The number of benzene rings is 2. The van der Waals surface area contributed by atoms with Gasteiger partial charge in [-0.3, -0.25) is 14.9 Å². The number of rotatable bonds is 7. The van der Waals surface area contributed by atoms with Crippen molar-refractivity contribution < 1.29 is 14.4 Å². The summed E-state index contributed by atoms with van der Waals surface area (Å²) in [6, 6.07) is 16.7. The Morgan fingerprint density at radius 3 is 2.06 bits per heavy atom. The molecule has 36 heavy (non-hydrogen) atoms. The molecule has 0 spiro atoms. The summed E-state index contributed by atoms with van der Waals surface area (Å²) in [5, 5.41) is 2.31. The highest BCUT2D eigenvalue weighted by Crippen LogP contribution is 2.27. The van der Waals surface area contributed by atoms with Crippen LogP contribution in [0.1, 0.15) is 43.3 Å². The molecule has 7 heteroatoms. The van der Waals surface area contributed by atoms with Gasteiger partial charge in [-0.25, -0.2) is 9.69 Å². The minimum atomic E-state index is -0.745. The largest absolute Gasteiger partial charge is 0.372 e. The minimum absolute atomic E-state index is 0.0775. The van der Waals surface area contributed by atoms with Gasteiger partial charge in [0, 0.05) is 35.9 Å². The van der Waals surface area contributed by atoms with E-state index in [0.29, 0.717) is 5.69 Å². The Morgan fingerprint density at radius 1 is 0.861 bits per heavy atom.